The summed E-state index contributed by atoms with van der Waals surface area (Å²) in [5, 5.41) is 5.01. The maximum absolute atomic E-state index is 11.8. The summed E-state index contributed by atoms with van der Waals surface area (Å²) in [4.78, 5) is 0.117. The average Bonchev–Trinajstić information content (AvgIpc) is 2.80. The molecule has 0 spiro atoms. The van der Waals surface area contributed by atoms with Crippen molar-refractivity contribution < 1.29 is 8.42 Å². The van der Waals surface area contributed by atoms with Gasteiger partial charge in [-0.15, -0.1) is 0 Å². The molecule has 0 atom stereocenters. The number of nitrogens with zero attached hydrogens (tertiary/aromatic N) is 2. The van der Waals surface area contributed by atoms with Gasteiger partial charge in [0.2, 0.25) is 0 Å². The van der Waals surface area contributed by atoms with Crippen molar-refractivity contribution in [1.82, 2.24) is 9.78 Å². The zero-order chi connectivity index (χ0) is 15.8. The van der Waals surface area contributed by atoms with Crippen LogP contribution in [-0.4, -0.2) is 18.2 Å². The fourth-order valence-electron chi connectivity index (χ4n) is 2.24. The van der Waals surface area contributed by atoms with Gasteiger partial charge in [-0.05, 0) is 37.5 Å². The summed E-state index contributed by atoms with van der Waals surface area (Å²) < 4.78 is 25.3. The topological polar surface area (TPSA) is 52.0 Å². The second kappa shape index (κ2) is 5.99. The van der Waals surface area contributed by atoms with Gasteiger partial charge in [-0.1, -0.05) is 31.5 Å². The van der Waals surface area contributed by atoms with E-state index in [1.165, 1.54) is 0 Å². The van der Waals surface area contributed by atoms with Crippen molar-refractivity contribution in [2.75, 3.05) is 0 Å². The Morgan fingerprint density at radius 2 is 1.90 bits per heavy atom. The number of aromatic nitrogens is 2. The van der Waals surface area contributed by atoms with Crippen LogP contribution in [0.1, 0.15) is 30.8 Å². The molecule has 0 radical (unpaired) electrons. The van der Waals surface area contributed by atoms with Gasteiger partial charge in [-0.2, -0.15) is 5.10 Å². The molecule has 1 aromatic carbocycles. The molecule has 0 aliphatic heterocycles. The summed E-state index contributed by atoms with van der Waals surface area (Å²) in [7, 11) is 1.74. The molecule has 2 aromatic rings. The van der Waals surface area contributed by atoms with Gasteiger partial charge in [0, 0.05) is 15.7 Å². The van der Waals surface area contributed by atoms with Crippen LogP contribution in [0.5, 0.6) is 0 Å². The van der Waals surface area contributed by atoms with Gasteiger partial charge in [0.15, 0.2) is 0 Å². The summed E-state index contributed by atoms with van der Waals surface area (Å²) in [6.45, 7) is 5.62. The fraction of sp³-hybridized carbons (Fsp3) is 0.357. The summed E-state index contributed by atoms with van der Waals surface area (Å²) in [6, 6.07) is 5.50. The van der Waals surface area contributed by atoms with Crippen molar-refractivity contribution in [3.63, 3.8) is 0 Å². The molecule has 0 aliphatic rings. The Balaban J connectivity index is 2.75. The van der Waals surface area contributed by atoms with E-state index in [0.717, 1.165) is 11.3 Å². The molecular formula is C14H16Cl2N2O2S. The van der Waals surface area contributed by atoms with Crippen molar-refractivity contribution in [1.29, 1.82) is 0 Å². The molecule has 1 heterocycles. The summed E-state index contributed by atoms with van der Waals surface area (Å²) in [5.74, 6) is 0. The Kier molecular flexibility index (Phi) is 4.66. The lowest BCUT2D eigenvalue weighted by atomic mass is 10.2. The van der Waals surface area contributed by atoms with Gasteiger partial charge in [-0.25, -0.2) is 13.1 Å². The van der Waals surface area contributed by atoms with Crippen LogP contribution < -0.4 is 0 Å². The monoisotopic (exact) mass is 346 g/mol. The molecule has 4 nitrogen and oxygen atoms in total. The third kappa shape index (κ3) is 3.10. The molecule has 0 saturated carbocycles. The molecule has 0 amide bonds. The molecular weight excluding hydrogens is 331 g/mol. The molecule has 1 aromatic heterocycles. The van der Waals surface area contributed by atoms with Crippen molar-refractivity contribution in [2.45, 2.75) is 38.5 Å². The molecule has 21 heavy (non-hydrogen) atoms. The Hall–Kier alpha value is -1.04. The summed E-state index contributed by atoms with van der Waals surface area (Å²) >= 11 is 6.14. The number of benzene rings is 1. The number of hydrogen-bond donors (Lipinski definition) is 0. The first-order valence-electron chi connectivity index (χ1n) is 6.61. The first kappa shape index (κ1) is 16.3. The Bertz CT molecular complexity index is 783. The van der Waals surface area contributed by atoms with E-state index < -0.39 is 9.05 Å². The summed E-state index contributed by atoms with van der Waals surface area (Å²) in [6.07, 6.45) is 0.987. The Morgan fingerprint density at radius 3 is 2.38 bits per heavy atom. The van der Waals surface area contributed by atoms with Gasteiger partial charge in [0.25, 0.3) is 9.05 Å². The quantitative estimate of drug-likeness (QED) is 0.789. The van der Waals surface area contributed by atoms with Crippen LogP contribution in [0.2, 0.25) is 5.02 Å². The number of halogens is 2. The zero-order valence-corrected chi connectivity index (χ0v) is 14.3. The minimum atomic E-state index is -3.84. The van der Waals surface area contributed by atoms with Crippen molar-refractivity contribution in [3.8, 4) is 5.69 Å². The molecule has 114 valence electrons. The molecule has 0 unspecified atom stereocenters. The van der Waals surface area contributed by atoms with E-state index >= 15 is 0 Å². The molecule has 0 saturated heterocycles. The third-order valence-electron chi connectivity index (χ3n) is 3.31. The second-order valence-corrected chi connectivity index (χ2v) is 7.62. The van der Waals surface area contributed by atoms with Gasteiger partial charge in [0.1, 0.15) is 4.90 Å². The maximum Gasteiger partial charge on any atom is 0.265 e. The number of aryl methyl sites for hydroxylation is 2. The number of hydrogen-bond acceptors (Lipinski definition) is 3. The van der Waals surface area contributed by atoms with E-state index in [-0.39, 0.29) is 4.90 Å². The van der Waals surface area contributed by atoms with Crippen LogP contribution in [-0.2, 0) is 21.9 Å². The largest absolute Gasteiger partial charge is 0.265 e. The smallest absolute Gasteiger partial charge is 0.236 e. The maximum atomic E-state index is 11.8. The van der Waals surface area contributed by atoms with Crippen molar-refractivity contribution in [3.05, 3.63) is 40.2 Å². The zero-order valence-electron chi connectivity index (χ0n) is 12.0. The van der Waals surface area contributed by atoms with E-state index in [4.69, 9.17) is 22.3 Å². The Morgan fingerprint density at radius 1 is 1.24 bits per heavy atom. The Labute approximate surface area is 134 Å². The minimum absolute atomic E-state index is 0.117. The highest BCUT2D eigenvalue weighted by Gasteiger charge is 2.26. The van der Waals surface area contributed by atoms with Crippen LogP contribution >= 0.6 is 22.3 Å². The SMILES string of the molecule is CCc1nn(-c2ccc(C)c(Cl)c2)c(CC)c1S(=O)(=O)Cl. The lowest BCUT2D eigenvalue weighted by Gasteiger charge is -2.08. The van der Waals surface area contributed by atoms with Crippen LogP contribution in [0.25, 0.3) is 5.69 Å². The fourth-order valence-corrected chi connectivity index (χ4v) is 3.93. The minimum Gasteiger partial charge on any atom is -0.236 e. The van der Waals surface area contributed by atoms with Crippen LogP contribution in [0.3, 0.4) is 0 Å². The molecule has 0 bridgehead atoms. The highest BCUT2D eigenvalue weighted by Crippen LogP contribution is 2.29. The van der Waals surface area contributed by atoms with E-state index in [1.807, 2.05) is 32.9 Å². The second-order valence-electron chi connectivity index (χ2n) is 4.71. The van der Waals surface area contributed by atoms with Gasteiger partial charge < -0.3 is 0 Å². The molecule has 7 heteroatoms. The van der Waals surface area contributed by atoms with Crippen molar-refractivity contribution >= 4 is 31.3 Å². The van der Waals surface area contributed by atoms with E-state index in [2.05, 4.69) is 5.10 Å². The molecule has 0 fully saturated rings. The molecule has 2 rings (SSSR count). The highest BCUT2D eigenvalue weighted by molar-refractivity contribution is 8.13. The van der Waals surface area contributed by atoms with Gasteiger partial charge in [0.05, 0.1) is 17.1 Å². The normalized spacial score (nSPS) is 11.9. The predicted molar refractivity (Wildman–Crippen MR) is 85.1 cm³/mol. The predicted octanol–water partition coefficient (Wildman–Crippen LogP) is 3.89. The van der Waals surface area contributed by atoms with Gasteiger partial charge >= 0.3 is 0 Å². The van der Waals surface area contributed by atoms with Gasteiger partial charge in [-0.3, -0.25) is 0 Å². The molecule has 0 aliphatic carbocycles. The van der Waals surface area contributed by atoms with Crippen molar-refractivity contribution in [2.24, 2.45) is 0 Å². The van der Waals surface area contributed by atoms with E-state index in [9.17, 15) is 8.42 Å². The lowest BCUT2D eigenvalue weighted by Crippen LogP contribution is -2.04. The standard InChI is InChI=1S/C14H16Cl2N2O2S/c1-4-12-14(21(16,19)20)13(5-2)18(17-12)10-7-6-9(3)11(15)8-10/h6-8H,4-5H2,1-3H3. The first-order chi connectivity index (χ1) is 9.79. The number of rotatable bonds is 4. The highest BCUT2D eigenvalue weighted by atomic mass is 35.7. The lowest BCUT2D eigenvalue weighted by molar-refractivity contribution is 0.607. The van der Waals surface area contributed by atoms with E-state index in [0.29, 0.717) is 29.3 Å². The third-order valence-corrected chi connectivity index (χ3v) is 5.14. The molecule has 0 N–H and O–H groups in total. The summed E-state index contributed by atoms with van der Waals surface area (Å²) in [5.41, 5.74) is 2.72. The van der Waals surface area contributed by atoms with Crippen LogP contribution in [0, 0.1) is 6.92 Å². The van der Waals surface area contributed by atoms with Crippen LogP contribution in [0.4, 0.5) is 0 Å². The average molecular weight is 347 g/mol. The first-order valence-corrected chi connectivity index (χ1v) is 9.30. The van der Waals surface area contributed by atoms with E-state index in [1.54, 1.807) is 10.7 Å². The van der Waals surface area contributed by atoms with Crippen LogP contribution in [0.15, 0.2) is 23.1 Å².